The molecule has 2 N–H and O–H groups in total. The highest BCUT2D eigenvalue weighted by atomic mass is 19.1. The number of piperidine rings is 1. The van der Waals surface area contributed by atoms with E-state index in [1.54, 1.807) is 18.2 Å². The van der Waals surface area contributed by atoms with E-state index in [1.807, 2.05) is 17.0 Å². The fourth-order valence-electron chi connectivity index (χ4n) is 4.03. The lowest BCUT2D eigenvalue weighted by Gasteiger charge is -2.43. The molecule has 1 aromatic carbocycles. The topological polar surface area (TPSA) is 115 Å². The lowest BCUT2D eigenvalue weighted by molar-refractivity contribution is -0.159. The van der Waals surface area contributed by atoms with Gasteiger partial charge in [-0.05, 0) is 37.1 Å². The van der Waals surface area contributed by atoms with E-state index < -0.39 is 11.9 Å². The van der Waals surface area contributed by atoms with Gasteiger partial charge in [-0.3, -0.25) is 9.69 Å². The summed E-state index contributed by atoms with van der Waals surface area (Å²) in [7, 11) is 0. The Morgan fingerprint density at radius 1 is 0.875 bits per heavy atom. The summed E-state index contributed by atoms with van der Waals surface area (Å²) < 4.78 is 19.2. The monoisotopic (exact) mass is 447 g/mol. The van der Waals surface area contributed by atoms with Crippen LogP contribution in [-0.4, -0.2) is 83.2 Å². The number of rotatable bonds is 3. The molecule has 4 rings (SSSR count). The molecule has 0 unspecified atom stereocenters. The zero-order valence-electron chi connectivity index (χ0n) is 17.5. The number of carbonyl (C=O) groups is 3. The Hall–Kier alpha value is -3.40. The number of carbonyl (C=O) groups excluding carboxylic acids is 1. The number of likely N-dealkylation sites (tertiary alicyclic amines) is 1. The summed E-state index contributed by atoms with van der Waals surface area (Å²) in [5.74, 6) is -3.39. The van der Waals surface area contributed by atoms with Crippen LogP contribution >= 0.6 is 0 Å². The molecular formula is C22H26FN3O6. The molecule has 1 aromatic heterocycles. The van der Waals surface area contributed by atoms with Gasteiger partial charge in [0.2, 0.25) is 0 Å². The van der Waals surface area contributed by atoms with Crippen molar-refractivity contribution in [2.75, 3.05) is 44.2 Å². The van der Waals surface area contributed by atoms with E-state index in [1.165, 1.54) is 12.3 Å². The van der Waals surface area contributed by atoms with Crippen LogP contribution < -0.4 is 4.90 Å². The van der Waals surface area contributed by atoms with Gasteiger partial charge in [0.25, 0.3) is 5.91 Å². The van der Waals surface area contributed by atoms with Crippen molar-refractivity contribution in [2.24, 2.45) is 0 Å². The first-order valence-electron chi connectivity index (χ1n) is 10.4. The van der Waals surface area contributed by atoms with E-state index in [4.69, 9.17) is 24.2 Å². The molecule has 0 atom stereocenters. The van der Waals surface area contributed by atoms with Crippen molar-refractivity contribution >= 4 is 23.5 Å². The Labute approximate surface area is 184 Å². The minimum absolute atomic E-state index is 0.0159. The fraction of sp³-hybridized carbons (Fsp3) is 0.409. The van der Waals surface area contributed by atoms with E-state index in [9.17, 15) is 9.18 Å². The molecule has 0 radical (unpaired) electrons. The van der Waals surface area contributed by atoms with Crippen molar-refractivity contribution in [1.82, 2.24) is 9.80 Å². The van der Waals surface area contributed by atoms with Crippen LogP contribution in [0.3, 0.4) is 0 Å². The number of aliphatic carboxylic acids is 2. The van der Waals surface area contributed by atoms with Crippen LogP contribution in [0.1, 0.15) is 23.4 Å². The van der Waals surface area contributed by atoms with Crippen molar-refractivity contribution in [1.29, 1.82) is 0 Å². The maximum atomic E-state index is 14.0. The highest BCUT2D eigenvalue weighted by molar-refractivity contribution is 6.27. The summed E-state index contributed by atoms with van der Waals surface area (Å²) in [6.45, 7) is 5.07. The van der Waals surface area contributed by atoms with Gasteiger partial charge >= 0.3 is 11.9 Å². The second-order valence-electron chi connectivity index (χ2n) is 7.59. The first-order chi connectivity index (χ1) is 15.4. The number of hydrogen-bond donors (Lipinski definition) is 2. The minimum Gasteiger partial charge on any atom is -0.473 e. The average molecular weight is 447 g/mol. The first kappa shape index (κ1) is 23.3. The van der Waals surface area contributed by atoms with Gasteiger partial charge in [0.05, 0.1) is 12.0 Å². The zero-order valence-corrected chi connectivity index (χ0v) is 17.5. The number of carboxylic acid groups (broad SMARTS) is 2. The average Bonchev–Trinajstić information content (AvgIpc) is 3.35. The number of halogens is 1. The van der Waals surface area contributed by atoms with Crippen LogP contribution in [0.5, 0.6) is 0 Å². The standard InChI is InChI=1S/C20H24FN3O2.C2H2O4/c21-17-4-1-2-5-18(17)23-13-11-22(12-14-23)16-7-9-24(10-8-16)20(25)19-6-3-15-26-19;3-1(4)2(5)6/h1-6,15-16H,7-14H2;(H,3,4)(H,5,6). The molecule has 3 heterocycles. The van der Waals surface area contributed by atoms with Crippen LogP contribution in [0.4, 0.5) is 10.1 Å². The van der Waals surface area contributed by atoms with Gasteiger partial charge in [-0.2, -0.15) is 0 Å². The predicted molar refractivity (Wildman–Crippen MR) is 113 cm³/mol. The molecule has 0 bridgehead atoms. The quantitative estimate of drug-likeness (QED) is 0.687. The number of furan rings is 1. The molecule has 32 heavy (non-hydrogen) atoms. The minimum atomic E-state index is -1.82. The normalized spacial score (nSPS) is 17.4. The van der Waals surface area contributed by atoms with Crippen LogP contribution in [0.15, 0.2) is 47.1 Å². The van der Waals surface area contributed by atoms with E-state index >= 15 is 0 Å². The zero-order chi connectivity index (χ0) is 23.1. The molecule has 2 aliphatic heterocycles. The second-order valence-corrected chi connectivity index (χ2v) is 7.59. The number of piperazine rings is 1. The summed E-state index contributed by atoms with van der Waals surface area (Å²) in [6.07, 6.45) is 3.49. The Balaban J connectivity index is 0.000000427. The summed E-state index contributed by atoms with van der Waals surface area (Å²) in [6, 6.07) is 10.9. The number of carboxylic acids is 2. The van der Waals surface area contributed by atoms with Crippen molar-refractivity contribution in [3.05, 3.63) is 54.2 Å². The Morgan fingerprint density at radius 3 is 2.03 bits per heavy atom. The Kier molecular flexibility index (Phi) is 7.82. The maximum Gasteiger partial charge on any atom is 0.414 e. The van der Waals surface area contributed by atoms with Crippen LogP contribution in [0.25, 0.3) is 0 Å². The third-order valence-corrected chi connectivity index (χ3v) is 5.69. The predicted octanol–water partition coefficient (Wildman–Crippen LogP) is 2.00. The number of hydrogen-bond acceptors (Lipinski definition) is 6. The highest BCUT2D eigenvalue weighted by Crippen LogP contribution is 2.24. The molecule has 0 saturated carbocycles. The van der Waals surface area contributed by atoms with E-state index in [0.29, 0.717) is 17.5 Å². The van der Waals surface area contributed by atoms with Crippen molar-refractivity contribution in [2.45, 2.75) is 18.9 Å². The maximum absolute atomic E-state index is 14.0. The summed E-state index contributed by atoms with van der Waals surface area (Å²) >= 11 is 0. The third-order valence-electron chi connectivity index (χ3n) is 5.69. The van der Waals surface area contributed by atoms with E-state index in [2.05, 4.69) is 9.80 Å². The van der Waals surface area contributed by atoms with E-state index in [0.717, 1.165) is 52.1 Å². The molecular weight excluding hydrogens is 421 g/mol. The van der Waals surface area contributed by atoms with Crippen molar-refractivity contribution in [3.63, 3.8) is 0 Å². The van der Waals surface area contributed by atoms with E-state index in [-0.39, 0.29) is 11.7 Å². The smallest absolute Gasteiger partial charge is 0.414 e. The summed E-state index contributed by atoms with van der Waals surface area (Å²) in [5.41, 5.74) is 0.700. The van der Waals surface area contributed by atoms with Gasteiger partial charge in [-0.25, -0.2) is 14.0 Å². The molecule has 172 valence electrons. The van der Waals surface area contributed by atoms with Gasteiger partial charge in [-0.1, -0.05) is 12.1 Å². The molecule has 10 heteroatoms. The summed E-state index contributed by atoms with van der Waals surface area (Å²) in [5, 5.41) is 14.8. The van der Waals surface area contributed by atoms with Gasteiger partial charge in [0.15, 0.2) is 5.76 Å². The van der Waals surface area contributed by atoms with Crippen LogP contribution in [-0.2, 0) is 9.59 Å². The molecule has 0 spiro atoms. The lowest BCUT2D eigenvalue weighted by atomic mass is 10.0. The van der Waals surface area contributed by atoms with Crippen molar-refractivity contribution in [3.8, 4) is 0 Å². The van der Waals surface area contributed by atoms with Crippen LogP contribution in [0.2, 0.25) is 0 Å². The molecule has 0 aliphatic carbocycles. The SMILES string of the molecule is O=C(O)C(=O)O.O=C(c1ccco1)N1CCC(N2CCN(c3ccccc3F)CC2)CC1. The molecule has 2 saturated heterocycles. The van der Waals surface area contributed by atoms with Crippen LogP contribution in [0, 0.1) is 5.82 Å². The lowest BCUT2D eigenvalue weighted by Crippen LogP contribution is -2.54. The number of nitrogens with zero attached hydrogens (tertiary/aromatic N) is 3. The van der Waals surface area contributed by atoms with Gasteiger partial charge in [-0.15, -0.1) is 0 Å². The molecule has 2 fully saturated rings. The third kappa shape index (κ3) is 5.85. The Bertz CT molecular complexity index is 908. The van der Waals surface area contributed by atoms with Gasteiger partial charge in [0.1, 0.15) is 5.82 Å². The number of benzene rings is 1. The number of amides is 1. The largest absolute Gasteiger partial charge is 0.473 e. The number of anilines is 1. The van der Waals surface area contributed by atoms with Gasteiger partial charge < -0.3 is 24.4 Å². The van der Waals surface area contributed by atoms with Gasteiger partial charge in [0, 0.05) is 45.3 Å². The summed E-state index contributed by atoms with van der Waals surface area (Å²) in [4.78, 5) is 37.0. The molecule has 1 amide bonds. The highest BCUT2D eigenvalue weighted by Gasteiger charge is 2.30. The Morgan fingerprint density at radius 2 is 1.50 bits per heavy atom. The second kappa shape index (κ2) is 10.8. The van der Waals surface area contributed by atoms with Crippen molar-refractivity contribution < 1.29 is 33.4 Å². The fourth-order valence-corrected chi connectivity index (χ4v) is 4.03. The number of para-hydroxylation sites is 1. The first-order valence-corrected chi connectivity index (χ1v) is 10.4. The molecule has 9 nitrogen and oxygen atoms in total. The molecule has 2 aromatic rings. The molecule has 2 aliphatic rings.